The first-order valence-electron chi connectivity index (χ1n) is 6.58. The molecule has 0 aromatic carbocycles. The number of ether oxygens (including phenoxy) is 1. The second kappa shape index (κ2) is 5.72. The van der Waals surface area contributed by atoms with Crippen molar-refractivity contribution < 1.29 is 14.6 Å². The number of hydrogen-bond donors (Lipinski definition) is 3. The van der Waals surface area contributed by atoms with E-state index in [1.807, 2.05) is 20.8 Å². The van der Waals surface area contributed by atoms with Crippen LogP contribution in [-0.2, 0) is 16.9 Å². The number of fused-ring (bicyclic) bond motifs is 1. The quantitative estimate of drug-likeness (QED) is 0.764. The number of amides is 2. The number of nitrogens with zero attached hydrogens (tertiary/aromatic N) is 2. The number of aliphatic hydroxyl groups excluding tert-OH is 1. The van der Waals surface area contributed by atoms with E-state index in [9.17, 15) is 4.79 Å². The summed E-state index contributed by atoms with van der Waals surface area (Å²) in [5.41, 5.74) is 1.28. The van der Waals surface area contributed by atoms with E-state index in [0.29, 0.717) is 13.2 Å². The van der Waals surface area contributed by atoms with Crippen molar-refractivity contribution in [1.82, 2.24) is 15.3 Å². The fraction of sp³-hybridized carbons (Fsp3) is 0.615. The summed E-state index contributed by atoms with van der Waals surface area (Å²) in [5.74, 6) is 0.255. The Balaban J connectivity index is 1.99. The number of aliphatic hydroxyl groups is 1. The van der Waals surface area contributed by atoms with Gasteiger partial charge in [-0.25, -0.2) is 14.8 Å². The van der Waals surface area contributed by atoms with Crippen LogP contribution in [0.15, 0.2) is 6.20 Å². The Kier molecular flexibility index (Phi) is 4.20. The van der Waals surface area contributed by atoms with Crippen molar-refractivity contribution in [2.45, 2.75) is 33.0 Å². The van der Waals surface area contributed by atoms with E-state index in [-0.39, 0.29) is 24.5 Å². The van der Waals surface area contributed by atoms with Gasteiger partial charge >= 0.3 is 6.03 Å². The van der Waals surface area contributed by atoms with E-state index in [0.717, 1.165) is 11.3 Å². The molecule has 7 nitrogen and oxygen atoms in total. The highest BCUT2D eigenvalue weighted by molar-refractivity contribution is 5.87. The van der Waals surface area contributed by atoms with Gasteiger partial charge in [0.1, 0.15) is 5.60 Å². The standard InChI is InChI=1S/C13H20N4O3/c1-8(6-18)4-15-12(19)17-11-14-5-9-7-20-13(2,3)10(9)16-11/h5,8,18H,4,6-7H2,1-3H3,(H2,14,15,16,17,19). The minimum atomic E-state index is -0.462. The summed E-state index contributed by atoms with van der Waals surface area (Å²) in [6.45, 7) is 6.61. The molecular weight excluding hydrogens is 260 g/mol. The highest BCUT2D eigenvalue weighted by Crippen LogP contribution is 2.34. The van der Waals surface area contributed by atoms with Crippen LogP contribution in [-0.4, -0.2) is 34.3 Å². The molecule has 2 amide bonds. The van der Waals surface area contributed by atoms with Crippen molar-refractivity contribution in [3.8, 4) is 0 Å². The van der Waals surface area contributed by atoms with Gasteiger partial charge in [0.25, 0.3) is 0 Å². The SMILES string of the molecule is CC(CO)CNC(=O)Nc1ncc2c(n1)C(C)(C)OC2. The molecule has 2 heterocycles. The van der Waals surface area contributed by atoms with Gasteiger partial charge in [0, 0.05) is 24.9 Å². The summed E-state index contributed by atoms with van der Waals surface area (Å²) in [5, 5.41) is 14.1. The fourth-order valence-electron chi connectivity index (χ4n) is 1.90. The summed E-state index contributed by atoms with van der Waals surface area (Å²) in [4.78, 5) is 20.1. The molecule has 1 unspecified atom stereocenters. The number of anilines is 1. The Hall–Kier alpha value is -1.73. The third-order valence-electron chi connectivity index (χ3n) is 3.17. The van der Waals surface area contributed by atoms with E-state index in [4.69, 9.17) is 9.84 Å². The zero-order valence-corrected chi connectivity index (χ0v) is 11.9. The largest absolute Gasteiger partial charge is 0.396 e. The van der Waals surface area contributed by atoms with E-state index >= 15 is 0 Å². The third kappa shape index (κ3) is 3.23. The number of carbonyl (C=O) groups is 1. The maximum atomic E-state index is 11.7. The Morgan fingerprint density at radius 2 is 2.35 bits per heavy atom. The van der Waals surface area contributed by atoms with Crippen LogP contribution in [0, 0.1) is 5.92 Å². The average molecular weight is 280 g/mol. The molecule has 0 fully saturated rings. The lowest BCUT2D eigenvalue weighted by Gasteiger charge is -2.17. The molecule has 0 spiro atoms. The molecular formula is C13H20N4O3. The van der Waals surface area contributed by atoms with Gasteiger partial charge in [0.05, 0.1) is 12.3 Å². The highest BCUT2D eigenvalue weighted by Gasteiger charge is 2.33. The molecule has 1 atom stereocenters. The van der Waals surface area contributed by atoms with Crippen LogP contribution in [0.2, 0.25) is 0 Å². The molecule has 0 bridgehead atoms. The average Bonchev–Trinajstić information content (AvgIpc) is 2.72. The van der Waals surface area contributed by atoms with E-state index < -0.39 is 5.60 Å². The molecule has 2 rings (SSSR count). The molecule has 0 radical (unpaired) electrons. The van der Waals surface area contributed by atoms with E-state index in [1.165, 1.54) is 0 Å². The normalized spacial score (nSPS) is 17.4. The summed E-state index contributed by atoms with van der Waals surface area (Å²) < 4.78 is 5.61. The van der Waals surface area contributed by atoms with Crippen LogP contribution in [0.25, 0.3) is 0 Å². The van der Waals surface area contributed by atoms with Crippen molar-refractivity contribution in [3.05, 3.63) is 17.5 Å². The second-order valence-electron chi connectivity index (χ2n) is 5.49. The molecule has 0 aliphatic carbocycles. The van der Waals surface area contributed by atoms with Crippen molar-refractivity contribution >= 4 is 12.0 Å². The molecule has 1 aromatic rings. The maximum absolute atomic E-state index is 11.7. The maximum Gasteiger partial charge on any atom is 0.321 e. The van der Waals surface area contributed by atoms with Crippen LogP contribution in [0.3, 0.4) is 0 Å². The van der Waals surface area contributed by atoms with Crippen molar-refractivity contribution in [3.63, 3.8) is 0 Å². The van der Waals surface area contributed by atoms with Gasteiger partial charge in [-0.1, -0.05) is 6.92 Å². The molecule has 0 saturated carbocycles. The first kappa shape index (κ1) is 14.7. The zero-order chi connectivity index (χ0) is 14.8. The number of nitrogens with one attached hydrogen (secondary N) is 2. The fourth-order valence-corrected chi connectivity index (χ4v) is 1.90. The van der Waals surface area contributed by atoms with Gasteiger partial charge in [0.2, 0.25) is 5.95 Å². The minimum absolute atomic E-state index is 0.00835. The molecule has 20 heavy (non-hydrogen) atoms. The van der Waals surface area contributed by atoms with Crippen molar-refractivity contribution in [1.29, 1.82) is 0 Å². The predicted molar refractivity (Wildman–Crippen MR) is 73.1 cm³/mol. The topological polar surface area (TPSA) is 96.4 Å². The highest BCUT2D eigenvalue weighted by atomic mass is 16.5. The van der Waals surface area contributed by atoms with Crippen LogP contribution in [0.5, 0.6) is 0 Å². The van der Waals surface area contributed by atoms with Crippen LogP contribution >= 0.6 is 0 Å². The van der Waals surface area contributed by atoms with Gasteiger partial charge in [0.15, 0.2) is 0 Å². The smallest absolute Gasteiger partial charge is 0.321 e. The van der Waals surface area contributed by atoms with E-state index in [1.54, 1.807) is 6.20 Å². The Morgan fingerprint density at radius 1 is 1.60 bits per heavy atom. The summed E-state index contributed by atoms with van der Waals surface area (Å²) in [6, 6.07) is -0.387. The molecule has 1 aromatic heterocycles. The third-order valence-corrected chi connectivity index (χ3v) is 3.17. The molecule has 0 saturated heterocycles. The Bertz CT molecular complexity index is 504. The molecule has 1 aliphatic rings. The number of urea groups is 1. The monoisotopic (exact) mass is 280 g/mol. The van der Waals surface area contributed by atoms with Gasteiger partial charge in [-0.15, -0.1) is 0 Å². The van der Waals surface area contributed by atoms with Gasteiger partial charge in [-0.05, 0) is 19.8 Å². The van der Waals surface area contributed by atoms with Crippen LogP contribution in [0.4, 0.5) is 10.7 Å². The van der Waals surface area contributed by atoms with Gasteiger partial charge in [-0.2, -0.15) is 0 Å². The van der Waals surface area contributed by atoms with Crippen molar-refractivity contribution in [2.75, 3.05) is 18.5 Å². The lowest BCUT2D eigenvalue weighted by Crippen LogP contribution is -2.34. The molecule has 7 heteroatoms. The van der Waals surface area contributed by atoms with Gasteiger partial charge < -0.3 is 15.2 Å². The van der Waals surface area contributed by atoms with Gasteiger partial charge in [-0.3, -0.25) is 5.32 Å². The number of carbonyl (C=O) groups excluding carboxylic acids is 1. The second-order valence-corrected chi connectivity index (χ2v) is 5.49. The first-order chi connectivity index (χ1) is 9.42. The number of hydrogen-bond acceptors (Lipinski definition) is 5. The summed E-state index contributed by atoms with van der Waals surface area (Å²) >= 11 is 0. The summed E-state index contributed by atoms with van der Waals surface area (Å²) in [6.07, 6.45) is 1.67. The molecule has 3 N–H and O–H groups in total. The van der Waals surface area contributed by atoms with Crippen molar-refractivity contribution in [2.24, 2.45) is 5.92 Å². The Labute approximate surface area is 117 Å². The predicted octanol–water partition coefficient (Wildman–Crippen LogP) is 0.992. The zero-order valence-electron chi connectivity index (χ0n) is 11.9. The molecule has 1 aliphatic heterocycles. The first-order valence-corrected chi connectivity index (χ1v) is 6.58. The minimum Gasteiger partial charge on any atom is -0.396 e. The number of aromatic nitrogens is 2. The van der Waals surface area contributed by atoms with Crippen LogP contribution in [0.1, 0.15) is 32.0 Å². The lowest BCUT2D eigenvalue weighted by molar-refractivity contribution is -0.0100. The van der Waals surface area contributed by atoms with Crippen LogP contribution < -0.4 is 10.6 Å². The molecule has 110 valence electrons. The van der Waals surface area contributed by atoms with E-state index in [2.05, 4.69) is 20.6 Å². The lowest BCUT2D eigenvalue weighted by atomic mass is 10.0. The number of rotatable bonds is 4. The summed E-state index contributed by atoms with van der Waals surface area (Å²) in [7, 11) is 0. The Morgan fingerprint density at radius 3 is 3.05 bits per heavy atom.